The fraction of sp³-hybridized carbons (Fsp3) is 0.250. The first-order valence-electron chi connectivity index (χ1n) is 10.5. The van der Waals surface area contributed by atoms with Crippen LogP contribution in [0.15, 0.2) is 59.9 Å². The lowest BCUT2D eigenvalue weighted by molar-refractivity contribution is -0.118. The van der Waals surface area contributed by atoms with Crippen LogP contribution in [0.5, 0.6) is 0 Å². The first-order valence-corrected chi connectivity index (χ1v) is 12.3. The van der Waals surface area contributed by atoms with Gasteiger partial charge in [0, 0.05) is 19.6 Å². The SMILES string of the molecule is Cc1ccc(CNC(=O)CSc2ncnc3nc(N4CCc5ccccc5C4)sc23)cc1. The van der Waals surface area contributed by atoms with E-state index in [2.05, 4.69) is 63.5 Å². The minimum absolute atomic E-state index is 0.0142. The Balaban J connectivity index is 1.24. The number of thioether (sulfide) groups is 1. The van der Waals surface area contributed by atoms with Gasteiger partial charge in [-0.25, -0.2) is 9.97 Å². The molecule has 6 nitrogen and oxygen atoms in total. The van der Waals surface area contributed by atoms with E-state index in [1.165, 1.54) is 34.8 Å². The highest BCUT2D eigenvalue weighted by atomic mass is 32.2. The van der Waals surface area contributed by atoms with Crippen molar-refractivity contribution in [1.82, 2.24) is 20.3 Å². The topological polar surface area (TPSA) is 71.0 Å². The zero-order valence-corrected chi connectivity index (χ0v) is 19.4. The van der Waals surface area contributed by atoms with Gasteiger partial charge in [-0.05, 0) is 30.0 Å². The van der Waals surface area contributed by atoms with Crippen LogP contribution < -0.4 is 10.2 Å². The number of benzene rings is 2. The molecule has 0 spiro atoms. The second-order valence-electron chi connectivity index (χ2n) is 7.82. The maximum Gasteiger partial charge on any atom is 0.230 e. The van der Waals surface area contributed by atoms with Crippen molar-refractivity contribution in [3.63, 3.8) is 0 Å². The molecule has 2 aromatic carbocycles. The molecule has 0 atom stereocenters. The lowest BCUT2D eigenvalue weighted by Crippen LogP contribution is -2.30. The van der Waals surface area contributed by atoms with Gasteiger partial charge in [0.15, 0.2) is 10.8 Å². The zero-order valence-electron chi connectivity index (χ0n) is 17.7. The van der Waals surface area contributed by atoms with Crippen LogP contribution in [-0.4, -0.2) is 33.2 Å². The highest BCUT2D eigenvalue weighted by molar-refractivity contribution is 8.00. The number of hydrogen-bond donors (Lipinski definition) is 1. The fourth-order valence-corrected chi connectivity index (χ4v) is 5.66. The van der Waals surface area contributed by atoms with E-state index in [4.69, 9.17) is 4.98 Å². The molecule has 8 heteroatoms. The molecule has 0 unspecified atom stereocenters. The van der Waals surface area contributed by atoms with Crippen molar-refractivity contribution in [2.75, 3.05) is 17.2 Å². The van der Waals surface area contributed by atoms with Crippen LogP contribution in [0, 0.1) is 6.92 Å². The van der Waals surface area contributed by atoms with Crippen molar-refractivity contribution in [2.45, 2.75) is 31.5 Å². The number of nitrogens with zero attached hydrogens (tertiary/aromatic N) is 4. The average Bonchev–Trinajstić information content (AvgIpc) is 3.27. The van der Waals surface area contributed by atoms with Crippen molar-refractivity contribution in [1.29, 1.82) is 0 Å². The highest BCUT2D eigenvalue weighted by Crippen LogP contribution is 2.35. The molecule has 0 bridgehead atoms. The summed E-state index contributed by atoms with van der Waals surface area (Å²) in [5.41, 5.74) is 5.76. The van der Waals surface area contributed by atoms with Gasteiger partial charge in [-0.2, -0.15) is 4.98 Å². The third-order valence-corrected chi connectivity index (χ3v) is 7.73. The molecule has 0 saturated carbocycles. The van der Waals surface area contributed by atoms with Gasteiger partial charge in [-0.15, -0.1) is 0 Å². The van der Waals surface area contributed by atoms with Crippen LogP contribution in [0.4, 0.5) is 5.13 Å². The second-order valence-corrected chi connectivity index (χ2v) is 9.76. The number of anilines is 1. The summed E-state index contributed by atoms with van der Waals surface area (Å²) in [6, 6.07) is 16.8. The van der Waals surface area contributed by atoms with Gasteiger partial charge in [-0.1, -0.05) is 77.2 Å². The molecule has 1 aliphatic rings. The van der Waals surface area contributed by atoms with E-state index in [9.17, 15) is 4.79 Å². The lowest BCUT2D eigenvalue weighted by atomic mass is 10.0. The maximum absolute atomic E-state index is 12.4. The Morgan fingerprint density at radius 2 is 1.94 bits per heavy atom. The molecule has 0 radical (unpaired) electrons. The van der Waals surface area contributed by atoms with Crippen LogP contribution in [0.3, 0.4) is 0 Å². The van der Waals surface area contributed by atoms with E-state index in [1.54, 1.807) is 11.3 Å². The van der Waals surface area contributed by atoms with Crippen LogP contribution in [0.1, 0.15) is 22.3 Å². The number of carbonyl (C=O) groups excluding carboxylic acids is 1. The van der Waals surface area contributed by atoms with Gasteiger partial charge in [0.25, 0.3) is 0 Å². The number of aromatic nitrogens is 3. The smallest absolute Gasteiger partial charge is 0.230 e. The zero-order chi connectivity index (χ0) is 21.9. The van der Waals surface area contributed by atoms with E-state index in [-0.39, 0.29) is 5.91 Å². The Hall–Kier alpha value is -2.97. The fourth-order valence-electron chi connectivity index (χ4n) is 3.71. The van der Waals surface area contributed by atoms with E-state index in [0.717, 1.165) is 39.9 Å². The second kappa shape index (κ2) is 9.26. The molecule has 32 heavy (non-hydrogen) atoms. The minimum Gasteiger partial charge on any atom is -0.351 e. The Bertz CT molecular complexity index is 1250. The predicted octanol–water partition coefficient (Wildman–Crippen LogP) is 4.37. The van der Waals surface area contributed by atoms with Gasteiger partial charge in [0.05, 0.1) is 5.75 Å². The lowest BCUT2D eigenvalue weighted by Gasteiger charge is -2.28. The number of nitrogens with one attached hydrogen (secondary N) is 1. The van der Waals surface area contributed by atoms with Crippen molar-refractivity contribution >= 4 is 44.5 Å². The molecule has 5 rings (SSSR count). The summed E-state index contributed by atoms with van der Waals surface area (Å²) >= 11 is 3.04. The summed E-state index contributed by atoms with van der Waals surface area (Å²) < 4.78 is 0.942. The van der Waals surface area contributed by atoms with E-state index < -0.39 is 0 Å². The van der Waals surface area contributed by atoms with Crippen molar-refractivity contribution in [3.8, 4) is 0 Å². The largest absolute Gasteiger partial charge is 0.351 e. The van der Waals surface area contributed by atoms with Crippen molar-refractivity contribution in [2.24, 2.45) is 0 Å². The standard InChI is InChI=1S/C24H23N5OS2/c1-16-6-8-17(9-7-16)12-25-20(30)14-31-23-21-22(26-15-27-23)28-24(32-21)29-11-10-18-4-2-3-5-19(18)13-29/h2-9,15H,10-14H2,1H3,(H,25,30). The third kappa shape index (κ3) is 4.61. The van der Waals surface area contributed by atoms with Gasteiger partial charge in [0.2, 0.25) is 5.91 Å². The summed E-state index contributed by atoms with van der Waals surface area (Å²) in [6.45, 7) is 4.37. The van der Waals surface area contributed by atoms with Crippen LogP contribution in [0.25, 0.3) is 10.3 Å². The summed E-state index contributed by atoms with van der Waals surface area (Å²) in [7, 11) is 0. The first kappa shape index (κ1) is 20.9. The van der Waals surface area contributed by atoms with Gasteiger partial charge in [0.1, 0.15) is 16.1 Å². The summed E-state index contributed by atoms with van der Waals surface area (Å²) in [4.78, 5) is 28.2. The molecule has 1 N–H and O–H groups in total. The van der Waals surface area contributed by atoms with Crippen LogP contribution in [0.2, 0.25) is 0 Å². The van der Waals surface area contributed by atoms with Gasteiger partial charge < -0.3 is 10.2 Å². The number of hydrogen-bond acceptors (Lipinski definition) is 7. The van der Waals surface area contributed by atoms with E-state index in [1.807, 2.05) is 12.1 Å². The Kier molecular flexibility index (Phi) is 6.05. The van der Waals surface area contributed by atoms with Crippen molar-refractivity contribution in [3.05, 3.63) is 77.1 Å². The predicted molar refractivity (Wildman–Crippen MR) is 130 cm³/mol. The number of fused-ring (bicyclic) bond motifs is 2. The molecular weight excluding hydrogens is 438 g/mol. The summed E-state index contributed by atoms with van der Waals surface area (Å²) in [5.74, 6) is 0.294. The molecule has 1 amide bonds. The monoisotopic (exact) mass is 461 g/mol. The average molecular weight is 462 g/mol. The number of amides is 1. The number of carbonyl (C=O) groups is 1. The van der Waals surface area contributed by atoms with Gasteiger partial charge >= 0.3 is 0 Å². The number of thiazole rings is 1. The van der Waals surface area contributed by atoms with Crippen molar-refractivity contribution < 1.29 is 4.79 Å². The first-order chi connectivity index (χ1) is 15.7. The minimum atomic E-state index is -0.0142. The molecule has 1 aliphatic heterocycles. The van der Waals surface area contributed by atoms with Crippen LogP contribution >= 0.6 is 23.1 Å². The van der Waals surface area contributed by atoms with E-state index in [0.29, 0.717) is 17.9 Å². The Labute approximate surface area is 195 Å². The molecule has 3 heterocycles. The highest BCUT2D eigenvalue weighted by Gasteiger charge is 2.21. The quantitative estimate of drug-likeness (QED) is 0.340. The molecule has 4 aromatic rings. The molecule has 0 fully saturated rings. The normalized spacial score (nSPS) is 13.2. The Morgan fingerprint density at radius 3 is 2.78 bits per heavy atom. The molecule has 0 saturated heterocycles. The van der Waals surface area contributed by atoms with Gasteiger partial charge in [-0.3, -0.25) is 4.79 Å². The maximum atomic E-state index is 12.4. The van der Waals surface area contributed by atoms with E-state index >= 15 is 0 Å². The summed E-state index contributed by atoms with van der Waals surface area (Å²) in [5, 5.41) is 4.75. The number of aryl methyl sites for hydroxylation is 1. The number of rotatable bonds is 6. The molecular formula is C24H23N5OS2. The molecule has 162 valence electrons. The molecule has 2 aromatic heterocycles. The van der Waals surface area contributed by atoms with Crippen LogP contribution in [-0.2, 0) is 24.3 Å². The summed E-state index contributed by atoms with van der Waals surface area (Å²) in [6.07, 6.45) is 2.55. The molecule has 0 aliphatic carbocycles. The third-order valence-electron chi connectivity index (χ3n) is 5.50. The Morgan fingerprint density at radius 1 is 1.12 bits per heavy atom.